The van der Waals surface area contributed by atoms with Crippen molar-refractivity contribution in [3.63, 3.8) is 0 Å². The quantitative estimate of drug-likeness (QED) is 0.453. The van der Waals surface area contributed by atoms with Gasteiger partial charge in [0.2, 0.25) is 0 Å². The Bertz CT molecular complexity index is 229. The first-order valence-corrected chi connectivity index (χ1v) is 7.09. The molecule has 0 aliphatic carbocycles. The first-order valence-electron chi connectivity index (χ1n) is 5.16. The molecule has 0 rings (SSSR count). The molecule has 5 nitrogen and oxygen atoms in total. The van der Waals surface area contributed by atoms with Gasteiger partial charge in [-0.3, -0.25) is 9.59 Å². The molecule has 0 aliphatic heterocycles. The largest absolute Gasteiger partial charge is 0.500 e. The third-order valence-electron chi connectivity index (χ3n) is 2.32. The lowest BCUT2D eigenvalue weighted by Crippen LogP contribution is -2.42. The maximum Gasteiger partial charge on any atom is 0.500 e. The summed E-state index contributed by atoms with van der Waals surface area (Å²) >= 11 is 0. The summed E-state index contributed by atoms with van der Waals surface area (Å²) in [5.41, 5.74) is 0. The maximum atomic E-state index is 11.3. The Kier molecular flexibility index (Phi) is 7.40. The van der Waals surface area contributed by atoms with Gasteiger partial charge in [-0.2, -0.15) is 0 Å². The normalized spacial score (nSPS) is 11.5. The second-order valence-electron chi connectivity index (χ2n) is 3.57. The summed E-state index contributed by atoms with van der Waals surface area (Å²) in [5, 5.41) is 0. The summed E-state index contributed by atoms with van der Waals surface area (Å²) in [6, 6.07) is 0.583. The molecule has 0 saturated heterocycles. The lowest BCUT2D eigenvalue weighted by atomic mass is 10.1. The predicted octanol–water partition coefficient (Wildman–Crippen LogP) is 1.19. The lowest BCUT2D eigenvalue weighted by molar-refractivity contribution is -0.125. The monoisotopic (exact) mass is 248 g/mol. The molecule has 0 saturated carbocycles. The third kappa shape index (κ3) is 5.50. The van der Waals surface area contributed by atoms with Gasteiger partial charge in [-0.1, -0.05) is 0 Å². The molecule has 0 aromatic carbocycles. The summed E-state index contributed by atoms with van der Waals surface area (Å²) in [6.07, 6.45) is 1.000. The van der Waals surface area contributed by atoms with Crippen LogP contribution in [-0.2, 0) is 22.9 Å². The van der Waals surface area contributed by atoms with E-state index >= 15 is 0 Å². The van der Waals surface area contributed by atoms with Gasteiger partial charge < -0.3 is 13.3 Å². The van der Waals surface area contributed by atoms with Gasteiger partial charge in [-0.05, 0) is 13.3 Å². The minimum Gasteiger partial charge on any atom is -0.377 e. The van der Waals surface area contributed by atoms with E-state index in [1.54, 1.807) is 0 Å². The van der Waals surface area contributed by atoms with Crippen LogP contribution in [0.5, 0.6) is 0 Å². The molecule has 0 N–H and O–H groups in total. The third-order valence-corrected chi connectivity index (χ3v) is 5.15. The van der Waals surface area contributed by atoms with Gasteiger partial charge >= 0.3 is 8.80 Å². The zero-order valence-electron chi connectivity index (χ0n) is 10.4. The number of hydrogen-bond acceptors (Lipinski definition) is 5. The zero-order chi connectivity index (χ0) is 12.6. The molecule has 0 fully saturated rings. The lowest BCUT2D eigenvalue weighted by Gasteiger charge is -2.23. The minimum atomic E-state index is -2.56. The van der Waals surface area contributed by atoms with Crippen molar-refractivity contribution in [2.45, 2.75) is 32.2 Å². The van der Waals surface area contributed by atoms with Gasteiger partial charge in [0.05, 0.1) is 6.42 Å². The van der Waals surface area contributed by atoms with Crippen LogP contribution in [0.3, 0.4) is 0 Å². The number of Topliss-reactive ketones (excluding diaryl/α,β-unsaturated/α-hetero) is 2. The highest BCUT2D eigenvalue weighted by Gasteiger charge is 2.36. The molecule has 0 atom stereocenters. The summed E-state index contributed by atoms with van der Waals surface area (Å²) in [7, 11) is 2.05. The van der Waals surface area contributed by atoms with Crippen molar-refractivity contribution in [1.82, 2.24) is 0 Å². The first kappa shape index (κ1) is 15.4. The van der Waals surface area contributed by atoms with Crippen molar-refractivity contribution in [2.75, 3.05) is 21.3 Å². The SMILES string of the molecule is CO[Si](CCCC(=O)CC(C)=O)(OC)OC. The molecule has 0 unspecified atom stereocenters. The second-order valence-corrected chi connectivity index (χ2v) is 6.66. The fourth-order valence-electron chi connectivity index (χ4n) is 1.42. The van der Waals surface area contributed by atoms with Crippen molar-refractivity contribution in [2.24, 2.45) is 0 Å². The van der Waals surface area contributed by atoms with Crippen molar-refractivity contribution in [3.8, 4) is 0 Å². The smallest absolute Gasteiger partial charge is 0.377 e. The highest BCUT2D eigenvalue weighted by molar-refractivity contribution is 6.60. The molecular formula is C10H20O5Si. The predicted molar refractivity (Wildman–Crippen MR) is 61.1 cm³/mol. The van der Waals surface area contributed by atoms with E-state index in [2.05, 4.69) is 0 Å². The van der Waals surface area contributed by atoms with Gasteiger partial charge in [0.1, 0.15) is 11.6 Å². The molecule has 0 amide bonds. The topological polar surface area (TPSA) is 61.8 Å². The van der Waals surface area contributed by atoms with Gasteiger partial charge in [0.15, 0.2) is 0 Å². The Hall–Kier alpha value is -0.563. The van der Waals surface area contributed by atoms with Crippen LogP contribution in [0.2, 0.25) is 6.04 Å². The van der Waals surface area contributed by atoms with Crippen LogP contribution in [0.1, 0.15) is 26.2 Å². The number of carbonyl (C=O) groups is 2. The highest BCUT2D eigenvalue weighted by atomic mass is 28.4. The average molecular weight is 248 g/mol. The molecule has 0 aliphatic rings. The Morgan fingerprint density at radius 2 is 1.56 bits per heavy atom. The van der Waals surface area contributed by atoms with Crippen molar-refractivity contribution < 1.29 is 22.9 Å². The Balaban J connectivity index is 3.95. The van der Waals surface area contributed by atoms with Gasteiger partial charge in [-0.15, -0.1) is 0 Å². The molecule has 16 heavy (non-hydrogen) atoms. The number of carbonyl (C=O) groups excluding carboxylic acids is 2. The van der Waals surface area contributed by atoms with E-state index in [4.69, 9.17) is 13.3 Å². The first-order chi connectivity index (χ1) is 7.49. The Labute approximate surface area is 97.4 Å². The summed E-state index contributed by atoms with van der Waals surface area (Å²) in [6.45, 7) is 1.41. The van der Waals surface area contributed by atoms with Crippen LogP contribution in [0, 0.1) is 0 Å². The fourth-order valence-corrected chi connectivity index (χ4v) is 3.15. The van der Waals surface area contributed by atoms with E-state index in [-0.39, 0.29) is 18.0 Å². The maximum absolute atomic E-state index is 11.3. The molecule has 0 aromatic rings. The summed E-state index contributed by atoms with van der Waals surface area (Å²) < 4.78 is 15.6. The van der Waals surface area contributed by atoms with Crippen LogP contribution in [0.25, 0.3) is 0 Å². The molecule has 94 valence electrons. The van der Waals surface area contributed by atoms with Crippen molar-refractivity contribution >= 4 is 20.4 Å². The van der Waals surface area contributed by atoms with E-state index < -0.39 is 8.80 Å². The van der Waals surface area contributed by atoms with E-state index in [1.165, 1.54) is 28.3 Å². The fraction of sp³-hybridized carbons (Fsp3) is 0.800. The average Bonchev–Trinajstić information content (AvgIpc) is 2.24. The summed E-state index contributed by atoms with van der Waals surface area (Å²) in [4.78, 5) is 22.0. The molecule has 0 bridgehead atoms. The standard InChI is InChI=1S/C10H20O5Si/c1-9(11)8-10(12)6-5-7-16(13-2,14-3)15-4/h5-8H2,1-4H3. The van der Waals surface area contributed by atoms with Crippen molar-refractivity contribution in [1.29, 1.82) is 0 Å². The van der Waals surface area contributed by atoms with Gasteiger partial charge in [-0.25, -0.2) is 0 Å². The Morgan fingerprint density at radius 3 is 1.94 bits per heavy atom. The zero-order valence-corrected chi connectivity index (χ0v) is 11.4. The molecule has 0 aromatic heterocycles. The number of ketones is 2. The van der Waals surface area contributed by atoms with Crippen LogP contribution in [-0.4, -0.2) is 41.7 Å². The molecular weight excluding hydrogens is 228 g/mol. The number of hydrogen-bond donors (Lipinski definition) is 0. The summed E-state index contributed by atoms with van der Waals surface area (Å²) in [5.74, 6) is -0.141. The van der Waals surface area contributed by atoms with Gasteiger partial charge in [0.25, 0.3) is 0 Å². The van der Waals surface area contributed by atoms with E-state index in [0.717, 1.165) is 0 Å². The Morgan fingerprint density at radius 1 is 1.06 bits per heavy atom. The number of rotatable bonds is 9. The molecule has 6 heteroatoms. The van der Waals surface area contributed by atoms with Crippen LogP contribution in [0.15, 0.2) is 0 Å². The molecule has 0 spiro atoms. The molecule has 0 heterocycles. The van der Waals surface area contributed by atoms with Crippen LogP contribution in [0.4, 0.5) is 0 Å². The molecule has 0 radical (unpaired) electrons. The van der Waals surface area contributed by atoms with Crippen LogP contribution < -0.4 is 0 Å². The van der Waals surface area contributed by atoms with E-state index in [9.17, 15) is 9.59 Å². The van der Waals surface area contributed by atoms with E-state index in [0.29, 0.717) is 18.9 Å². The second kappa shape index (κ2) is 7.67. The van der Waals surface area contributed by atoms with Crippen LogP contribution >= 0.6 is 0 Å². The highest BCUT2D eigenvalue weighted by Crippen LogP contribution is 2.16. The minimum absolute atomic E-state index is 0.0154. The van der Waals surface area contributed by atoms with Crippen molar-refractivity contribution in [3.05, 3.63) is 0 Å². The van der Waals surface area contributed by atoms with Gasteiger partial charge in [0, 0.05) is 33.8 Å². The van der Waals surface area contributed by atoms with E-state index in [1.807, 2.05) is 0 Å².